The van der Waals surface area contributed by atoms with Gasteiger partial charge < -0.3 is 10.1 Å². The van der Waals surface area contributed by atoms with Crippen LogP contribution in [-0.2, 0) is 20.9 Å². The molecule has 0 radical (unpaired) electrons. The van der Waals surface area contributed by atoms with Crippen molar-refractivity contribution in [2.24, 2.45) is 0 Å². The molecule has 7 nitrogen and oxygen atoms in total. The number of hydrogen-bond donors (Lipinski definition) is 1. The van der Waals surface area contributed by atoms with Gasteiger partial charge >= 0.3 is 5.97 Å². The molecule has 0 aliphatic carbocycles. The van der Waals surface area contributed by atoms with Gasteiger partial charge in [-0.05, 0) is 18.1 Å². The van der Waals surface area contributed by atoms with Crippen molar-refractivity contribution < 1.29 is 14.3 Å². The lowest BCUT2D eigenvalue weighted by molar-refractivity contribution is -0.144. The Morgan fingerprint density at radius 2 is 1.63 bits per heavy atom. The number of rotatable bonds is 7. The summed E-state index contributed by atoms with van der Waals surface area (Å²) in [5.74, 6) is -0.842. The van der Waals surface area contributed by atoms with Gasteiger partial charge in [-0.15, -0.1) is 5.10 Å². The Morgan fingerprint density at radius 1 is 1.04 bits per heavy atom. The van der Waals surface area contributed by atoms with Crippen LogP contribution in [0.5, 0.6) is 0 Å². The predicted octanol–water partition coefficient (Wildman–Crippen LogP) is 2.61. The monoisotopic (exact) mass is 364 g/mol. The highest BCUT2D eigenvalue weighted by Gasteiger charge is 2.23. The Morgan fingerprint density at radius 3 is 2.19 bits per heavy atom. The smallest absolute Gasteiger partial charge is 0.327 e. The molecule has 0 unspecified atom stereocenters. The number of nitrogens with zero attached hydrogens (tertiary/aromatic N) is 3. The Labute approximate surface area is 157 Å². The fraction of sp³-hybridized carbons (Fsp3) is 0.200. The fourth-order valence-corrected chi connectivity index (χ4v) is 2.76. The summed E-state index contributed by atoms with van der Waals surface area (Å²) >= 11 is 0. The molecule has 0 fully saturated rings. The van der Waals surface area contributed by atoms with Crippen LogP contribution in [0.4, 0.5) is 5.82 Å². The number of hydrogen-bond acceptors (Lipinski definition) is 5. The van der Waals surface area contributed by atoms with Gasteiger partial charge in [0, 0.05) is 0 Å². The summed E-state index contributed by atoms with van der Waals surface area (Å²) in [7, 11) is 0. The van der Waals surface area contributed by atoms with Gasteiger partial charge in [0.25, 0.3) is 0 Å². The van der Waals surface area contributed by atoms with Crippen LogP contribution in [0.25, 0.3) is 0 Å². The fourth-order valence-electron chi connectivity index (χ4n) is 2.76. The zero-order valence-electron chi connectivity index (χ0n) is 14.9. The van der Waals surface area contributed by atoms with Crippen LogP contribution in [-0.4, -0.2) is 33.5 Å². The van der Waals surface area contributed by atoms with E-state index in [4.69, 9.17) is 4.74 Å². The number of amides is 1. The molecule has 0 aliphatic heterocycles. The third-order valence-corrected chi connectivity index (χ3v) is 3.91. The van der Waals surface area contributed by atoms with Gasteiger partial charge in [-0.3, -0.25) is 9.59 Å². The van der Waals surface area contributed by atoms with E-state index in [1.165, 1.54) is 10.9 Å². The molecule has 138 valence electrons. The van der Waals surface area contributed by atoms with E-state index in [9.17, 15) is 9.59 Å². The normalized spacial score (nSPS) is 10.6. The minimum absolute atomic E-state index is 0.0580. The summed E-state index contributed by atoms with van der Waals surface area (Å²) < 4.78 is 6.20. The summed E-state index contributed by atoms with van der Waals surface area (Å²) in [6, 6.07) is 19.0. The van der Waals surface area contributed by atoms with Gasteiger partial charge in [0.1, 0.15) is 6.54 Å². The molecular weight excluding hydrogens is 344 g/mol. The summed E-state index contributed by atoms with van der Waals surface area (Å²) in [4.78, 5) is 24.5. The first kappa shape index (κ1) is 18.3. The van der Waals surface area contributed by atoms with Gasteiger partial charge in [-0.1, -0.05) is 65.9 Å². The average molecular weight is 364 g/mol. The summed E-state index contributed by atoms with van der Waals surface area (Å²) in [6.45, 7) is 1.97. The molecule has 1 amide bonds. The quantitative estimate of drug-likeness (QED) is 0.651. The van der Waals surface area contributed by atoms with Crippen molar-refractivity contribution >= 4 is 17.7 Å². The maximum absolute atomic E-state index is 13.0. The number of nitrogens with one attached hydrogen (secondary N) is 1. The maximum Gasteiger partial charge on any atom is 0.327 e. The molecule has 2 aromatic carbocycles. The number of ether oxygens (including phenoxy) is 1. The molecule has 27 heavy (non-hydrogen) atoms. The Hall–Kier alpha value is -3.48. The van der Waals surface area contributed by atoms with E-state index < -0.39 is 11.9 Å². The van der Waals surface area contributed by atoms with Crippen molar-refractivity contribution in [3.05, 3.63) is 78.0 Å². The topological polar surface area (TPSA) is 86.1 Å². The second-order valence-corrected chi connectivity index (χ2v) is 5.85. The van der Waals surface area contributed by atoms with E-state index in [2.05, 4.69) is 15.6 Å². The zero-order chi connectivity index (χ0) is 19.1. The van der Waals surface area contributed by atoms with E-state index in [0.717, 1.165) is 11.1 Å². The molecule has 0 saturated carbocycles. The molecule has 3 rings (SSSR count). The molecule has 0 atom stereocenters. The van der Waals surface area contributed by atoms with Gasteiger partial charge in [-0.25, -0.2) is 4.68 Å². The van der Waals surface area contributed by atoms with Crippen LogP contribution in [0.3, 0.4) is 0 Å². The minimum Gasteiger partial charge on any atom is -0.465 e. The van der Waals surface area contributed by atoms with E-state index in [-0.39, 0.29) is 18.3 Å². The predicted molar refractivity (Wildman–Crippen MR) is 100 cm³/mol. The van der Waals surface area contributed by atoms with Crippen LogP contribution in [0.1, 0.15) is 24.0 Å². The van der Waals surface area contributed by atoms with Crippen LogP contribution in [0, 0.1) is 0 Å². The molecule has 0 aliphatic rings. The van der Waals surface area contributed by atoms with Gasteiger partial charge in [0.2, 0.25) is 5.91 Å². The number of benzene rings is 2. The van der Waals surface area contributed by atoms with E-state index in [1.54, 1.807) is 6.92 Å². The van der Waals surface area contributed by atoms with Crippen LogP contribution < -0.4 is 5.32 Å². The van der Waals surface area contributed by atoms with E-state index in [1.807, 2.05) is 60.7 Å². The third kappa shape index (κ3) is 4.78. The maximum atomic E-state index is 13.0. The first-order valence-electron chi connectivity index (χ1n) is 8.64. The second-order valence-electron chi connectivity index (χ2n) is 5.85. The molecular formula is C20H20N4O3. The summed E-state index contributed by atoms with van der Waals surface area (Å²) in [5.41, 5.74) is 1.75. The Kier molecular flexibility index (Phi) is 5.94. The molecule has 0 spiro atoms. The SMILES string of the molecule is CCOC(=O)Cn1cc(NC(=O)C(c2ccccc2)c2ccccc2)nn1. The lowest BCUT2D eigenvalue weighted by Crippen LogP contribution is -2.22. The first-order valence-corrected chi connectivity index (χ1v) is 8.64. The van der Waals surface area contributed by atoms with Gasteiger partial charge in [-0.2, -0.15) is 0 Å². The Bertz CT molecular complexity index is 854. The van der Waals surface area contributed by atoms with Gasteiger partial charge in [0.15, 0.2) is 5.82 Å². The van der Waals surface area contributed by atoms with Crippen LogP contribution in [0.2, 0.25) is 0 Å². The largest absolute Gasteiger partial charge is 0.465 e. The van der Waals surface area contributed by atoms with Crippen LogP contribution in [0.15, 0.2) is 66.9 Å². The number of aromatic nitrogens is 3. The van der Waals surface area contributed by atoms with Crippen molar-refractivity contribution in [3.63, 3.8) is 0 Å². The summed E-state index contributed by atoms with van der Waals surface area (Å²) in [6.07, 6.45) is 1.50. The molecule has 1 heterocycles. The van der Waals surface area contributed by atoms with Crippen molar-refractivity contribution in [1.29, 1.82) is 0 Å². The molecule has 0 saturated heterocycles. The van der Waals surface area contributed by atoms with Crippen LogP contribution >= 0.6 is 0 Å². The first-order chi connectivity index (χ1) is 13.2. The third-order valence-electron chi connectivity index (χ3n) is 3.91. The molecule has 1 N–H and O–H groups in total. The minimum atomic E-state index is -0.484. The van der Waals surface area contributed by atoms with Crippen molar-refractivity contribution in [2.75, 3.05) is 11.9 Å². The molecule has 1 aromatic heterocycles. The van der Waals surface area contributed by atoms with Gasteiger partial charge in [0.05, 0.1) is 18.7 Å². The van der Waals surface area contributed by atoms with Crippen molar-refractivity contribution in [1.82, 2.24) is 15.0 Å². The highest BCUT2D eigenvalue weighted by molar-refractivity contribution is 5.97. The molecule has 7 heteroatoms. The lowest BCUT2D eigenvalue weighted by Gasteiger charge is -2.16. The number of esters is 1. The molecule has 0 bridgehead atoms. The Balaban J connectivity index is 1.78. The number of anilines is 1. The average Bonchev–Trinajstić information content (AvgIpc) is 3.10. The zero-order valence-corrected chi connectivity index (χ0v) is 14.9. The van der Waals surface area contributed by atoms with Crippen molar-refractivity contribution in [3.8, 4) is 0 Å². The highest BCUT2D eigenvalue weighted by Crippen LogP contribution is 2.25. The standard InChI is InChI=1S/C20H20N4O3/c1-2-27-18(25)14-24-13-17(22-23-24)21-20(26)19(15-9-5-3-6-10-15)16-11-7-4-8-12-16/h3-13,19H,2,14H2,1H3,(H,21,26). The lowest BCUT2D eigenvalue weighted by atomic mass is 9.90. The number of carbonyl (C=O) groups excluding carboxylic acids is 2. The van der Waals surface area contributed by atoms with E-state index in [0.29, 0.717) is 6.61 Å². The molecule has 3 aromatic rings. The van der Waals surface area contributed by atoms with E-state index >= 15 is 0 Å². The summed E-state index contributed by atoms with van der Waals surface area (Å²) in [5, 5.41) is 10.5. The second kappa shape index (κ2) is 8.75. The highest BCUT2D eigenvalue weighted by atomic mass is 16.5. The number of carbonyl (C=O) groups is 2. The van der Waals surface area contributed by atoms with Crippen molar-refractivity contribution in [2.45, 2.75) is 19.4 Å².